The molecule has 0 amide bonds. The fourth-order valence-corrected chi connectivity index (χ4v) is 1.36. The minimum absolute atomic E-state index is 0.187. The lowest BCUT2D eigenvalue weighted by Gasteiger charge is -2.13. The predicted octanol–water partition coefficient (Wildman–Crippen LogP) is 1.10. The monoisotopic (exact) mass is 231 g/mol. The van der Waals surface area contributed by atoms with Crippen LogP contribution >= 0.6 is 0 Å². The van der Waals surface area contributed by atoms with Crippen molar-refractivity contribution in [3.63, 3.8) is 0 Å². The molecule has 0 aromatic heterocycles. The van der Waals surface area contributed by atoms with Crippen LogP contribution in [0, 0.1) is 11.6 Å². The van der Waals surface area contributed by atoms with Crippen LogP contribution in [0.3, 0.4) is 0 Å². The first-order valence-electron chi connectivity index (χ1n) is 4.47. The molecule has 0 aliphatic heterocycles. The molecule has 0 aliphatic carbocycles. The molecule has 0 radical (unpaired) electrons. The number of hydrogen-bond acceptors (Lipinski definition) is 3. The van der Waals surface area contributed by atoms with Crippen molar-refractivity contribution in [3.8, 4) is 5.75 Å². The van der Waals surface area contributed by atoms with Crippen LogP contribution in [0.2, 0.25) is 0 Å². The van der Waals surface area contributed by atoms with Crippen LogP contribution in [0.4, 0.5) is 8.78 Å². The molecule has 4 nitrogen and oxygen atoms in total. The highest BCUT2D eigenvalue weighted by Gasteiger charge is 2.25. The van der Waals surface area contributed by atoms with Gasteiger partial charge in [-0.05, 0) is 6.07 Å². The van der Waals surface area contributed by atoms with Crippen molar-refractivity contribution in [3.05, 3.63) is 29.3 Å². The average Bonchev–Trinajstić information content (AvgIpc) is 2.22. The number of benzene rings is 1. The van der Waals surface area contributed by atoms with Gasteiger partial charge >= 0.3 is 5.97 Å². The van der Waals surface area contributed by atoms with E-state index < -0.39 is 29.3 Å². The molecule has 3 N–H and O–H groups in total. The van der Waals surface area contributed by atoms with Gasteiger partial charge in [-0.2, -0.15) is 0 Å². The summed E-state index contributed by atoms with van der Waals surface area (Å²) in [5, 5.41) is 8.80. The van der Waals surface area contributed by atoms with Crippen LogP contribution < -0.4 is 10.5 Å². The minimum atomic E-state index is -1.27. The van der Waals surface area contributed by atoms with Gasteiger partial charge in [-0.25, -0.2) is 8.78 Å². The molecule has 16 heavy (non-hydrogen) atoms. The standard InChI is InChI=1S/C10H11F2NO3/c1-16-9-7(11)3-2-5(8(9)12)6(4-13)10(14)15/h2-3,6H,4,13H2,1H3,(H,14,15). The molecule has 1 aromatic carbocycles. The van der Waals surface area contributed by atoms with Gasteiger partial charge in [0.2, 0.25) is 0 Å². The van der Waals surface area contributed by atoms with Gasteiger partial charge in [-0.1, -0.05) is 6.07 Å². The van der Waals surface area contributed by atoms with E-state index in [4.69, 9.17) is 10.8 Å². The Balaban J connectivity index is 3.29. The van der Waals surface area contributed by atoms with Crippen LogP contribution in [-0.2, 0) is 4.79 Å². The van der Waals surface area contributed by atoms with E-state index in [0.29, 0.717) is 0 Å². The number of ether oxygens (including phenoxy) is 1. The highest BCUT2D eigenvalue weighted by Crippen LogP contribution is 2.28. The van der Waals surface area contributed by atoms with Crippen molar-refractivity contribution in [1.29, 1.82) is 0 Å². The maximum atomic E-state index is 13.6. The highest BCUT2D eigenvalue weighted by atomic mass is 19.1. The lowest BCUT2D eigenvalue weighted by Crippen LogP contribution is -2.22. The molecule has 1 atom stereocenters. The smallest absolute Gasteiger partial charge is 0.312 e. The number of nitrogens with two attached hydrogens (primary N) is 1. The zero-order valence-electron chi connectivity index (χ0n) is 8.54. The van der Waals surface area contributed by atoms with Gasteiger partial charge in [0.25, 0.3) is 0 Å². The molecule has 0 bridgehead atoms. The topological polar surface area (TPSA) is 72.5 Å². The summed E-state index contributed by atoms with van der Waals surface area (Å²) in [7, 11) is 1.10. The Morgan fingerprint density at radius 1 is 1.56 bits per heavy atom. The number of hydrogen-bond donors (Lipinski definition) is 2. The Hall–Kier alpha value is -1.69. The summed E-state index contributed by atoms with van der Waals surface area (Å²) in [6.45, 7) is -0.277. The molecule has 1 rings (SSSR count). The third-order valence-electron chi connectivity index (χ3n) is 2.19. The van der Waals surface area contributed by atoms with Crippen LogP contribution in [0.25, 0.3) is 0 Å². The number of carbonyl (C=O) groups is 1. The van der Waals surface area contributed by atoms with Gasteiger partial charge in [0.1, 0.15) is 0 Å². The van der Waals surface area contributed by atoms with E-state index in [1.807, 2.05) is 0 Å². The normalized spacial score (nSPS) is 12.2. The summed E-state index contributed by atoms with van der Waals surface area (Å²) in [6.07, 6.45) is 0. The summed E-state index contributed by atoms with van der Waals surface area (Å²) in [4.78, 5) is 10.8. The number of carboxylic acid groups (broad SMARTS) is 1. The van der Waals surface area contributed by atoms with Crippen molar-refractivity contribution in [1.82, 2.24) is 0 Å². The Morgan fingerprint density at radius 3 is 2.62 bits per heavy atom. The van der Waals surface area contributed by atoms with Crippen molar-refractivity contribution >= 4 is 5.97 Å². The van der Waals surface area contributed by atoms with E-state index in [2.05, 4.69) is 4.74 Å². The molecule has 0 saturated carbocycles. The fourth-order valence-electron chi connectivity index (χ4n) is 1.36. The first-order valence-corrected chi connectivity index (χ1v) is 4.47. The fraction of sp³-hybridized carbons (Fsp3) is 0.300. The maximum absolute atomic E-state index is 13.6. The van der Waals surface area contributed by atoms with Gasteiger partial charge in [-0.15, -0.1) is 0 Å². The molecule has 0 fully saturated rings. The number of methoxy groups -OCH3 is 1. The van der Waals surface area contributed by atoms with Gasteiger partial charge < -0.3 is 15.6 Å². The van der Waals surface area contributed by atoms with Crippen LogP contribution in [0.15, 0.2) is 12.1 Å². The first-order chi connectivity index (χ1) is 7.52. The summed E-state index contributed by atoms with van der Waals surface area (Å²) >= 11 is 0. The van der Waals surface area contributed by atoms with Crippen molar-refractivity contribution < 1.29 is 23.4 Å². The SMILES string of the molecule is COc1c(F)ccc(C(CN)C(=O)O)c1F. The highest BCUT2D eigenvalue weighted by molar-refractivity contribution is 5.76. The Bertz CT molecular complexity index is 409. The molecule has 88 valence electrons. The Kier molecular flexibility index (Phi) is 3.78. The predicted molar refractivity (Wildman–Crippen MR) is 52.3 cm³/mol. The Morgan fingerprint density at radius 2 is 2.19 bits per heavy atom. The van der Waals surface area contributed by atoms with Gasteiger partial charge in [0, 0.05) is 12.1 Å². The zero-order valence-corrected chi connectivity index (χ0v) is 8.54. The second-order valence-corrected chi connectivity index (χ2v) is 3.11. The second kappa shape index (κ2) is 4.89. The average molecular weight is 231 g/mol. The van der Waals surface area contributed by atoms with E-state index in [1.54, 1.807) is 0 Å². The Labute approximate surface area is 90.6 Å². The summed E-state index contributed by atoms with van der Waals surface area (Å²) in [5.41, 5.74) is 5.04. The molecule has 6 heteroatoms. The number of aliphatic carboxylic acids is 1. The summed E-state index contributed by atoms with van der Waals surface area (Å²) in [6, 6.07) is 2.00. The van der Waals surface area contributed by atoms with Gasteiger partial charge in [0.05, 0.1) is 13.0 Å². The molecule has 0 saturated heterocycles. The molecule has 0 aliphatic rings. The molecule has 0 heterocycles. The van der Waals surface area contributed by atoms with Gasteiger partial charge in [0.15, 0.2) is 17.4 Å². The molecule has 1 aromatic rings. The number of rotatable bonds is 4. The van der Waals surface area contributed by atoms with Crippen LogP contribution in [0.1, 0.15) is 11.5 Å². The largest absolute Gasteiger partial charge is 0.491 e. The first kappa shape index (κ1) is 12.4. The van der Waals surface area contributed by atoms with Gasteiger partial charge in [-0.3, -0.25) is 4.79 Å². The maximum Gasteiger partial charge on any atom is 0.312 e. The zero-order chi connectivity index (χ0) is 12.3. The third kappa shape index (κ3) is 2.11. The lowest BCUT2D eigenvalue weighted by molar-refractivity contribution is -0.138. The van der Waals surface area contributed by atoms with Crippen molar-refractivity contribution in [2.75, 3.05) is 13.7 Å². The number of carboxylic acids is 1. The van der Waals surface area contributed by atoms with E-state index >= 15 is 0 Å². The van der Waals surface area contributed by atoms with Crippen molar-refractivity contribution in [2.24, 2.45) is 5.73 Å². The third-order valence-corrected chi connectivity index (χ3v) is 2.19. The quantitative estimate of drug-likeness (QED) is 0.813. The minimum Gasteiger partial charge on any atom is -0.491 e. The molecule has 0 spiro atoms. The van der Waals surface area contributed by atoms with Crippen LogP contribution in [-0.4, -0.2) is 24.7 Å². The lowest BCUT2D eigenvalue weighted by atomic mass is 9.98. The molecular formula is C10H11F2NO3. The van der Waals surface area contributed by atoms with E-state index in [1.165, 1.54) is 0 Å². The second-order valence-electron chi connectivity index (χ2n) is 3.11. The molecule has 1 unspecified atom stereocenters. The number of halogens is 2. The summed E-state index contributed by atoms with van der Waals surface area (Å²) < 4.78 is 31.2. The van der Waals surface area contributed by atoms with E-state index in [0.717, 1.165) is 19.2 Å². The van der Waals surface area contributed by atoms with E-state index in [-0.39, 0.29) is 12.1 Å². The van der Waals surface area contributed by atoms with Crippen LogP contribution in [0.5, 0.6) is 5.75 Å². The van der Waals surface area contributed by atoms with E-state index in [9.17, 15) is 13.6 Å². The van der Waals surface area contributed by atoms with Crippen molar-refractivity contribution in [2.45, 2.75) is 5.92 Å². The summed E-state index contributed by atoms with van der Waals surface area (Å²) in [5.74, 6) is -4.99. The molecular weight excluding hydrogens is 220 g/mol.